The van der Waals surface area contributed by atoms with Crippen LogP contribution in [0.2, 0.25) is 0 Å². The Balaban J connectivity index is 2.78. The standard InChI is InChI=1S/C13H19N3O2/c1-8(2)10-6-4-5-7-11(10)15-9(3)12(17)16-13(14)18/h4-9,15H,1-3H3,(H3,14,16,17,18). The molecule has 3 amide bonds. The first kappa shape index (κ1) is 14.0. The molecule has 0 radical (unpaired) electrons. The van der Waals surface area contributed by atoms with Gasteiger partial charge in [-0.05, 0) is 24.5 Å². The maximum Gasteiger partial charge on any atom is 0.318 e. The molecule has 98 valence electrons. The Morgan fingerprint density at radius 1 is 1.17 bits per heavy atom. The number of imide groups is 1. The first-order valence-corrected chi connectivity index (χ1v) is 5.87. The second kappa shape index (κ2) is 6.05. The third-order valence-electron chi connectivity index (χ3n) is 2.59. The Hall–Kier alpha value is -2.04. The minimum absolute atomic E-state index is 0.347. The second-order valence-electron chi connectivity index (χ2n) is 4.46. The van der Waals surface area contributed by atoms with Crippen molar-refractivity contribution in [3.8, 4) is 0 Å². The molecule has 4 N–H and O–H groups in total. The molecule has 18 heavy (non-hydrogen) atoms. The van der Waals surface area contributed by atoms with Crippen LogP contribution in [-0.4, -0.2) is 18.0 Å². The average Bonchev–Trinajstić information content (AvgIpc) is 2.28. The molecule has 1 aromatic rings. The highest BCUT2D eigenvalue weighted by molar-refractivity contribution is 5.97. The zero-order chi connectivity index (χ0) is 13.7. The van der Waals surface area contributed by atoms with Crippen LogP contribution in [0.1, 0.15) is 32.3 Å². The molecule has 0 spiro atoms. The first-order valence-electron chi connectivity index (χ1n) is 5.87. The monoisotopic (exact) mass is 249 g/mol. The number of hydrogen-bond acceptors (Lipinski definition) is 3. The Labute approximate surface area is 107 Å². The zero-order valence-corrected chi connectivity index (χ0v) is 10.9. The van der Waals surface area contributed by atoms with Crippen molar-refractivity contribution in [2.24, 2.45) is 5.73 Å². The van der Waals surface area contributed by atoms with Crippen molar-refractivity contribution in [2.75, 3.05) is 5.32 Å². The van der Waals surface area contributed by atoms with Gasteiger partial charge in [0.15, 0.2) is 0 Å². The van der Waals surface area contributed by atoms with E-state index in [4.69, 9.17) is 5.73 Å². The number of carbonyl (C=O) groups excluding carboxylic acids is 2. The number of nitrogens with one attached hydrogen (secondary N) is 2. The fourth-order valence-electron chi connectivity index (χ4n) is 1.66. The molecule has 0 saturated carbocycles. The van der Waals surface area contributed by atoms with Gasteiger partial charge in [-0.2, -0.15) is 0 Å². The van der Waals surface area contributed by atoms with Gasteiger partial charge in [0, 0.05) is 5.69 Å². The average molecular weight is 249 g/mol. The Morgan fingerprint density at radius 2 is 1.78 bits per heavy atom. The van der Waals surface area contributed by atoms with Crippen molar-refractivity contribution < 1.29 is 9.59 Å². The third-order valence-corrected chi connectivity index (χ3v) is 2.59. The summed E-state index contributed by atoms with van der Waals surface area (Å²) in [5.74, 6) is -0.0961. The normalized spacial score (nSPS) is 12.0. The van der Waals surface area contributed by atoms with E-state index in [0.717, 1.165) is 11.3 Å². The van der Waals surface area contributed by atoms with E-state index in [2.05, 4.69) is 19.2 Å². The lowest BCUT2D eigenvalue weighted by Gasteiger charge is -2.18. The van der Waals surface area contributed by atoms with E-state index < -0.39 is 18.0 Å². The fourth-order valence-corrected chi connectivity index (χ4v) is 1.66. The van der Waals surface area contributed by atoms with Crippen LogP contribution in [0.25, 0.3) is 0 Å². The van der Waals surface area contributed by atoms with Gasteiger partial charge in [0.1, 0.15) is 6.04 Å². The highest BCUT2D eigenvalue weighted by Gasteiger charge is 2.15. The highest BCUT2D eigenvalue weighted by Crippen LogP contribution is 2.24. The maximum absolute atomic E-state index is 11.6. The van der Waals surface area contributed by atoms with Gasteiger partial charge in [-0.3, -0.25) is 10.1 Å². The van der Waals surface area contributed by atoms with Crippen LogP contribution in [0.5, 0.6) is 0 Å². The van der Waals surface area contributed by atoms with Crippen LogP contribution in [-0.2, 0) is 4.79 Å². The topological polar surface area (TPSA) is 84.2 Å². The van der Waals surface area contributed by atoms with Gasteiger partial charge in [-0.25, -0.2) is 4.79 Å². The molecule has 0 saturated heterocycles. The Kier molecular flexibility index (Phi) is 4.71. The van der Waals surface area contributed by atoms with Gasteiger partial charge < -0.3 is 11.1 Å². The number of rotatable bonds is 4. The van der Waals surface area contributed by atoms with E-state index in [1.807, 2.05) is 29.6 Å². The lowest BCUT2D eigenvalue weighted by Crippen LogP contribution is -2.43. The van der Waals surface area contributed by atoms with Gasteiger partial charge in [0.25, 0.3) is 0 Å². The number of carbonyl (C=O) groups is 2. The van der Waals surface area contributed by atoms with Crippen LogP contribution < -0.4 is 16.4 Å². The number of anilines is 1. The molecule has 5 heteroatoms. The molecule has 0 aromatic heterocycles. The lowest BCUT2D eigenvalue weighted by molar-refractivity contribution is -0.120. The predicted molar refractivity (Wildman–Crippen MR) is 71.3 cm³/mol. The summed E-state index contributed by atoms with van der Waals surface area (Å²) >= 11 is 0. The molecule has 0 aliphatic rings. The smallest absolute Gasteiger partial charge is 0.318 e. The van der Waals surface area contributed by atoms with Crippen LogP contribution >= 0.6 is 0 Å². The molecular weight excluding hydrogens is 230 g/mol. The molecule has 0 aliphatic heterocycles. The van der Waals surface area contributed by atoms with E-state index in [9.17, 15) is 9.59 Å². The van der Waals surface area contributed by atoms with Gasteiger partial charge in [0.2, 0.25) is 5.91 Å². The highest BCUT2D eigenvalue weighted by atomic mass is 16.2. The summed E-state index contributed by atoms with van der Waals surface area (Å²) in [7, 11) is 0. The fraction of sp³-hybridized carbons (Fsp3) is 0.385. The molecule has 1 atom stereocenters. The minimum atomic E-state index is -0.842. The third kappa shape index (κ3) is 3.76. The van der Waals surface area contributed by atoms with E-state index in [-0.39, 0.29) is 0 Å². The van der Waals surface area contributed by atoms with E-state index in [1.54, 1.807) is 6.92 Å². The van der Waals surface area contributed by atoms with Crippen LogP contribution in [0.3, 0.4) is 0 Å². The Morgan fingerprint density at radius 3 is 2.33 bits per heavy atom. The van der Waals surface area contributed by atoms with E-state index >= 15 is 0 Å². The van der Waals surface area contributed by atoms with Crippen molar-refractivity contribution in [2.45, 2.75) is 32.7 Å². The van der Waals surface area contributed by atoms with Gasteiger partial charge in [-0.15, -0.1) is 0 Å². The largest absolute Gasteiger partial charge is 0.374 e. The number of amides is 3. The van der Waals surface area contributed by atoms with Gasteiger partial charge in [-0.1, -0.05) is 32.0 Å². The van der Waals surface area contributed by atoms with Crippen molar-refractivity contribution in [3.63, 3.8) is 0 Å². The van der Waals surface area contributed by atoms with Gasteiger partial charge in [0.05, 0.1) is 0 Å². The van der Waals surface area contributed by atoms with Crippen LogP contribution in [0, 0.1) is 0 Å². The quantitative estimate of drug-likeness (QED) is 0.760. The molecule has 1 unspecified atom stereocenters. The van der Waals surface area contributed by atoms with Crippen molar-refractivity contribution >= 4 is 17.6 Å². The predicted octanol–water partition coefficient (Wildman–Crippen LogP) is 1.81. The summed E-state index contributed by atoms with van der Waals surface area (Å²) in [6, 6.07) is 6.39. The summed E-state index contributed by atoms with van der Waals surface area (Å²) in [4.78, 5) is 22.2. The van der Waals surface area contributed by atoms with E-state index in [0.29, 0.717) is 5.92 Å². The molecule has 0 fully saturated rings. The number of urea groups is 1. The number of benzene rings is 1. The van der Waals surface area contributed by atoms with E-state index in [1.165, 1.54) is 0 Å². The SMILES string of the molecule is CC(Nc1ccccc1C(C)C)C(=O)NC(N)=O. The molecule has 1 rings (SSSR count). The second-order valence-corrected chi connectivity index (χ2v) is 4.46. The number of primary amides is 1. The molecule has 0 bridgehead atoms. The summed E-state index contributed by atoms with van der Waals surface area (Å²) in [5, 5.41) is 5.13. The maximum atomic E-state index is 11.6. The Bertz CT molecular complexity index is 444. The minimum Gasteiger partial charge on any atom is -0.374 e. The van der Waals surface area contributed by atoms with Crippen molar-refractivity contribution in [1.29, 1.82) is 0 Å². The zero-order valence-electron chi connectivity index (χ0n) is 10.9. The lowest BCUT2D eigenvalue weighted by atomic mass is 10.0. The number of nitrogens with two attached hydrogens (primary N) is 1. The number of para-hydroxylation sites is 1. The molecule has 0 heterocycles. The van der Waals surface area contributed by atoms with Crippen LogP contribution in [0.15, 0.2) is 24.3 Å². The first-order chi connectivity index (χ1) is 8.41. The summed E-state index contributed by atoms with van der Waals surface area (Å²) in [5.41, 5.74) is 6.91. The molecular formula is C13H19N3O2. The molecule has 0 aliphatic carbocycles. The summed E-state index contributed by atoms with van der Waals surface area (Å²) in [6.45, 7) is 5.83. The van der Waals surface area contributed by atoms with Crippen molar-refractivity contribution in [3.05, 3.63) is 29.8 Å². The van der Waals surface area contributed by atoms with Gasteiger partial charge >= 0.3 is 6.03 Å². The molecule has 5 nitrogen and oxygen atoms in total. The summed E-state index contributed by atoms with van der Waals surface area (Å²) < 4.78 is 0. The van der Waals surface area contributed by atoms with Crippen molar-refractivity contribution in [1.82, 2.24) is 5.32 Å². The number of hydrogen-bond donors (Lipinski definition) is 3. The van der Waals surface area contributed by atoms with Crippen LogP contribution in [0.4, 0.5) is 10.5 Å². The molecule has 1 aromatic carbocycles. The summed E-state index contributed by atoms with van der Waals surface area (Å²) in [6.07, 6.45) is 0.